The van der Waals surface area contributed by atoms with Crippen LogP contribution < -0.4 is 14.8 Å². The standard InChI is InChI=1S/C14H19NO3/c1-2-11-8-15-9-14(18-11)10-3-4-12-13(7-10)17-6-5-16-12/h3-4,7,11,14-15H,2,5-6,8-9H2,1H3. The average molecular weight is 249 g/mol. The zero-order chi connectivity index (χ0) is 12.4. The molecule has 0 saturated carbocycles. The second kappa shape index (κ2) is 5.16. The highest BCUT2D eigenvalue weighted by Gasteiger charge is 2.23. The minimum absolute atomic E-state index is 0.111. The second-order valence-corrected chi connectivity index (χ2v) is 4.72. The Balaban J connectivity index is 1.79. The van der Waals surface area contributed by atoms with Crippen LogP contribution in [0.2, 0.25) is 0 Å². The maximum absolute atomic E-state index is 6.05. The summed E-state index contributed by atoms with van der Waals surface area (Å²) in [6.45, 7) is 5.20. The smallest absolute Gasteiger partial charge is 0.161 e. The van der Waals surface area contributed by atoms with Gasteiger partial charge in [-0.3, -0.25) is 0 Å². The molecule has 0 aromatic heterocycles. The van der Waals surface area contributed by atoms with Gasteiger partial charge in [0, 0.05) is 13.1 Å². The summed E-state index contributed by atoms with van der Waals surface area (Å²) >= 11 is 0. The van der Waals surface area contributed by atoms with E-state index in [0.29, 0.717) is 19.3 Å². The first-order valence-corrected chi connectivity index (χ1v) is 6.62. The lowest BCUT2D eigenvalue weighted by molar-refractivity contribution is -0.0401. The fourth-order valence-corrected chi connectivity index (χ4v) is 2.40. The van der Waals surface area contributed by atoms with E-state index < -0.39 is 0 Å². The minimum Gasteiger partial charge on any atom is -0.486 e. The van der Waals surface area contributed by atoms with Gasteiger partial charge in [-0.25, -0.2) is 0 Å². The number of fused-ring (bicyclic) bond motifs is 1. The first kappa shape index (κ1) is 11.8. The van der Waals surface area contributed by atoms with E-state index in [4.69, 9.17) is 14.2 Å². The molecule has 2 unspecified atom stereocenters. The number of morpholine rings is 1. The van der Waals surface area contributed by atoms with Crippen molar-refractivity contribution in [3.8, 4) is 11.5 Å². The number of ether oxygens (including phenoxy) is 3. The third-order valence-corrected chi connectivity index (χ3v) is 3.45. The molecule has 1 saturated heterocycles. The molecule has 1 aromatic carbocycles. The van der Waals surface area contributed by atoms with Crippen LogP contribution in [0.5, 0.6) is 11.5 Å². The molecule has 1 aromatic rings. The zero-order valence-electron chi connectivity index (χ0n) is 10.6. The fourth-order valence-electron chi connectivity index (χ4n) is 2.40. The Morgan fingerprint density at radius 1 is 1.17 bits per heavy atom. The molecule has 3 rings (SSSR count). The van der Waals surface area contributed by atoms with E-state index in [1.54, 1.807) is 0 Å². The Morgan fingerprint density at radius 2 is 2.00 bits per heavy atom. The van der Waals surface area contributed by atoms with Crippen LogP contribution in [-0.2, 0) is 4.74 Å². The normalized spacial score (nSPS) is 26.9. The van der Waals surface area contributed by atoms with Crippen LogP contribution in [0.1, 0.15) is 25.0 Å². The SMILES string of the molecule is CCC1CNCC(c2ccc3c(c2)OCCO3)O1. The summed E-state index contributed by atoms with van der Waals surface area (Å²) in [5.41, 5.74) is 1.16. The number of hydrogen-bond acceptors (Lipinski definition) is 4. The number of rotatable bonds is 2. The molecule has 2 atom stereocenters. The van der Waals surface area contributed by atoms with Gasteiger partial charge in [-0.1, -0.05) is 13.0 Å². The largest absolute Gasteiger partial charge is 0.486 e. The van der Waals surface area contributed by atoms with Crippen molar-refractivity contribution in [2.24, 2.45) is 0 Å². The maximum atomic E-state index is 6.05. The zero-order valence-corrected chi connectivity index (χ0v) is 10.6. The van der Waals surface area contributed by atoms with Crippen molar-refractivity contribution < 1.29 is 14.2 Å². The van der Waals surface area contributed by atoms with Gasteiger partial charge in [0.2, 0.25) is 0 Å². The molecule has 0 spiro atoms. The molecule has 0 aliphatic carbocycles. The van der Waals surface area contributed by atoms with Crippen molar-refractivity contribution in [3.05, 3.63) is 23.8 Å². The minimum atomic E-state index is 0.111. The number of nitrogens with one attached hydrogen (secondary N) is 1. The second-order valence-electron chi connectivity index (χ2n) is 4.72. The van der Waals surface area contributed by atoms with Crippen LogP contribution in [0.3, 0.4) is 0 Å². The highest BCUT2D eigenvalue weighted by Crippen LogP contribution is 2.34. The monoisotopic (exact) mass is 249 g/mol. The third-order valence-electron chi connectivity index (χ3n) is 3.45. The Hall–Kier alpha value is -1.26. The van der Waals surface area contributed by atoms with Crippen LogP contribution in [0, 0.1) is 0 Å². The summed E-state index contributed by atoms with van der Waals surface area (Å²) in [5, 5.41) is 3.42. The molecule has 1 N–H and O–H groups in total. The number of benzene rings is 1. The van der Waals surface area contributed by atoms with Crippen LogP contribution in [0.25, 0.3) is 0 Å². The molecule has 18 heavy (non-hydrogen) atoms. The van der Waals surface area contributed by atoms with E-state index in [1.165, 1.54) is 0 Å². The van der Waals surface area contributed by atoms with Gasteiger partial charge in [-0.2, -0.15) is 0 Å². The van der Waals surface area contributed by atoms with Crippen molar-refractivity contribution in [1.29, 1.82) is 0 Å². The van der Waals surface area contributed by atoms with E-state index in [2.05, 4.69) is 18.3 Å². The lowest BCUT2D eigenvalue weighted by Crippen LogP contribution is -2.40. The van der Waals surface area contributed by atoms with Gasteiger partial charge in [0.15, 0.2) is 11.5 Å². The van der Waals surface area contributed by atoms with Gasteiger partial charge in [-0.05, 0) is 24.1 Å². The van der Waals surface area contributed by atoms with E-state index in [-0.39, 0.29) is 6.10 Å². The molecule has 4 nitrogen and oxygen atoms in total. The summed E-state index contributed by atoms with van der Waals surface area (Å²) in [4.78, 5) is 0. The predicted octanol–water partition coefficient (Wildman–Crippen LogP) is 1.90. The van der Waals surface area contributed by atoms with Gasteiger partial charge < -0.3 is 19.5 Å². The molecular formula is C14H19NO3. The highest BCUT2D eigenvalue weighted by atomic mass is 16.6. The topological polar surface area (TPSA) is 39.7 Å². The summed E-state index contributed by atoms with van der Waals surface area (Å²) in [6.07, 6.45) is 1.45. The molecular weight excluding hydrogens is 230 g/mol. The van der Waals surface area contributed by atoms with Gasteiger partial charge >= 0.3 is 0 Å². The molecule has 0 amide bonds. The van der Waals surface area contributed by atoms with E-state index >= 15 is 0 Å². The highest BCUT2D eigenvalue weighted by molar-refractivity contribution is 5.44. The first-order chi connectivity index (χ1) is 8.86. The average Bonchev–Trinajstić information content (AvgIpc) is 2.47. The first-order valence-electron chi connectivity index (χ1n) is 6.62. The van der Waals surface area contributed by atoms with Crippen molar-refractivity contribution >= 4 is 0 Å². The van der Waals surface area contributed by atoms with Crippen molar-refractivity contribution in [3.63, 3.8) is 0 Å². The van der Waals surface area contributed by atoms with Crippen molar-refractivity contribution in [2.45, 2.75) is 25.6 Å². The summed E-state index contributed by atoms with van der Waals surface area (Å²) in [6, 6.07) is 6.08. The number of hydrogen-bond donors (Lipinski definition) is 1. The molecule has 2 heterocycles. The lowest BCUT2D eigenvalue weighted by Gasteiger charge is -2.31. The Labute approximate surface area is 107 Å². The summed E-state index contributed by atoms with van der Waals surface area (Å²) in [5.74, 6) is 1.67. The fraction of sp³-hybridized carbons (Fsp3) is 0.571. The quantitative estimate of drug-likeness (QED) is 0.869. The van der Waals surface area contributed by atoms with Crippen LogP contribution in [0.4, 0.5) is 0 Å². The molecule has 1 fully saturated rings. The van der Waals surface area contributed by atoms with E-state index in [1.807, 2.05) is 12.1 Å². The van der Waals surface area contributed by atoms with Gasteiger partial charge in [0.25, 0.3) is 0 Å². The van der Waals surface area contributed by atoms with Crippen molar-refractivity contribution in [1.82, 2.24) is 5.32 Å². The van der Waals surface area contributed by atoms with Gasteiger partial charge in [0.05, 0.1) is 12.2 Å². The van der Waals surface area contributed by atoms with Crippen LogP contribution >= 0.6 is 0 Å². The molecule has 98 valence electrons. The van der Waals surface area contributed by atoms with Gasteiger partial charge in [-0.15, -0.1) is 0 Å². The molecule has 0 bridgehead atoms. The molecule has 0 radical (unpaired) electrons. The summed E-state index contributed by atoms with van der Waals surface area (Å²) in [7, 11) is 0. The van der Waals surface area contributed by atoms with Gasteiger partial charge in [0.1, 0.15) is 13.2 Å². The van der Waals surface area contributed by atoms with E-state index in [0.717, 1.165) is 36.6 Å². The van der Waals surface area contributed by atoms with Crippen molar-refractivity contribution in [2.75, 3.05) is 26.3 Å². The Morgan fingerprint density at radius 3 is 2.83 bits per heavy atom. The summed E-state index contributed by atoms with van der Waals surface area (Å²) < 4.78 is 17.2. The maximum Gasteiger partial charge on any atom is 0.161 e. The van der Waals surface area contributed by atoms with E-state index in [9.17, 15) is 0 Å². The molecule has 2 aliphatic heterocycles. The Bertz CT molecular complexity index is 422. The predicted molar refractivity (Wildman–Crippen MR) is 68.2 cm³/mol. The van der Waals surface area contributed by atoms with Crippen LogP contribution in [0.15, 0.2) is 18.2 Å². The molecule has 2 aliphatic rings. The third kappa shape index (κ3) is 2.31. The van der Waals surface area contributed by atoms with Crippen LogP contribution in [-0.4, -0.2) is 32.4 Å². The molecule has 4 heteroatoms. The lowest BCUT2D eigenvalue weighted by atomic mass is 10.1. The Kier molecular flexibility index (Phi) is 3.39.